The van der Waals surface area contributed by atoms with Crippen molar-refractivity contribution in [1.82, 2.24) is 5.32 Å². The molecule has 1 amide bonds. The van der Waals surface area contributed by atoms with Crippen LogP contribution in [0.25, 0.3) is 0 Å². The molecule has 376 valence electrons. The maximum Gasteiger partial charge on any atom is 0.306 e. The molecule has 0 aliphatic rings. The zero-order chi connectivity index (χ0) is 46.7. The Kier molecular flexibility index (Phi) is 50.5. The fourth-order valence-corrected chi connectivity index (χ4v) is 8.67. The molecule has 6 heteroatoms. The van der Waals surface area contributed by atoms with Crippen molar-refractivity contribution in [3.8, 4) is 0 Å². The summed E-state index contributed by atoms with van der Waals surface area (Å²) in [4.78, 5) is 26.2. The number of nitrogens with one attached hydrogen (secondary N) is 1. The lowest BCUT2D eigenvalue weighted by atomic mass is 10.0. The van der Waals surface area contributed by atoms with Crippen molar-refractivity contribution in [2.45, 2.75) is 315 Å². The van der Waals surface area contributed by atoms with Crippen LogP contribution in [-0.2, 0) is 14.3 Å². The lowest BCUT2D eigenvalue weighted by Gasteiger charge is -2.24. The first-order chi connectivity index (χ1) is 31.5. The predicted molar refractivity (Wildman–Crippen MR) is 278 cm³/mol. The minimum atomic E-state index is -0.796. The molecule has 0 aliphatic carbocycles. The molecule has 0 saturated carbocycles. The normalized spacial score (nSPS) is 13.4. The van der Waals surface area contributed by atoms with Gasteiger partial charge in [0.25, 0.3) is 0 Å². The van der Waals surface area contributed by atoms with Gasteiger partial charge in [-0.1, -0.05) is 256 Å². The molecule has 3 unspecified atom stereocenters. The maximum atomic E-state index is 13.2. The minimum Gasteiger partial charge on any atom is -0.462 e. The quantitative estimate of drug-likeness (QED) is 0.0321. The molecule has 0 saturated heterocycles. The lowest BCUT2D eigenvalue weighted by Crippen LogP contribution is -2.46. The number of hydrogen-bond acceptors (Lipinski definition) is 5. The third-order valence-corrected chi connectivity index (χ3v) is 13.0. The van der Waals surface area contributed by atoms with Crippen molar-refractivity contribution >= 4 is 11.9 Å². The minimum absolute atomic E-state index is 0.0560. The highest BCUT2D eigenvalue weighted by molar-refractivity contribution is 5.77. The van der Waals surface area contributed by atoms with Crippen LogP contribution >= 0.6 is 0 Å². The van der Waals surface area contributed by atoms with E-state index in [1.54, 1.807) is 0 Å². The van der Waals surface area contributed by atoms with Gasteiger partial charge in [-0.2, -0.15) is 0 Å². The molecule has 0 aliphatic heterocycles. The van der Waals surface area contributed by atoms with Crippen LogP contribution in [0, 0.1) is 0 Å². The third-order valence-electron chi connectivity index (χ3n) is 13.0. The van der Waals surface area contributed by atoms with E-state index < -0.39 is 18.2 Å². The first-order valence-electron chi connectivity index (χ1n) is 28.2. The van der Waals surface area contributed by atoms with E-state index >= 15 is 0 Å². The fourth-order valence-electron chi connectivity index (χ4n) is 8.67. The Hall–Kier alpha value is -1.92. The predicted octanol–water partition coefficient (Wildman–Crippen LogP) is 17.2. The molecular weight excluding hydrogens is 791 g/mol. The first kappa shape index (κ1) is 62.1. The summed E-state index contributed by atoms with van der Waals surface area (Å²) >= 11 is 0. The molecule has 6 nitrogen and oxygen atoms in total. The molecule has 64 heavy (non-hydrogen) atoms. The van der Waals surface area contributed by atoms with E-state index in [0.29, 0.717) is 19.3 Å². The van der Waals surface area contributed by atoms with Gasteiger partial charge >= 0.3 is 5.97 Å². The van der Waals surface area contributed by atoms with Gasteiger partial charge in [-0.05, 0) is 64.2 Å². The summed E-state index contributed by atoms with van der Waals surface area (Å²) in [6.45, 7) is 6.48. The van der Waals surface area contributed by atoms with E-state index in [9.17, 15) is 19.8 Å². The summed E-state index contributed by atoms with van der Waals surface area (Å²) in [5, 5.41) is 23.8. The first-order valence-corrected chi connectivity index (χ1v) is 28.2. The van der Waals surface area contributed by atoms with E-state index in [1.165, 1.54) is 180 Å². The van der Waals surface area contributed by atoms with Crippen LogP contribution in [0.3, 0.4) is 0 Å². The standard InChI is InChI=1S/C58H109NO5/c1-4-7-10-13-16-19-22-25-28-31-34-37-40-43-46-49-54(64-58(63)51-48-45-42-39-36-33-30-27-24-21-18-15-12-9-6-3)52-57(62)59-55(53-60)56(61)50-47-44-41-38-35-32-29-26-23-20-17-14-11-8-5-2/h16,19,25,28,34,37,54-56,60-61H,4-15,17-18,20-24,26-27,29-33,35-36,38-53H2,1-3H3,(H,59,62)/b19-16-,28-25-,37-34-. The van der Waals surface area contributed by atoms with Crippen LogP contribution in [-0.4, -0.2) is 46.9 Å². The Morgan fingerprint density at radius 2 is 0.797 bits per heavy atom. The molecule has 0 fully saturated rings. The zero-order valence-corrected chi connectivity index (χ0v) is 42.9. The molecule has 0 rings (SSSR count). The summed E-state index contributed by atoms with van der Waals surface area (Å²) in [7, 11) is 0. The third kappa shape index (κ3) is 46.6. The summed E-state index contributed by atoms with van der Waals surface area (Å²) in [5.41, 5.74) is 0. The highest BCUT2D eigenvalue weighted by atomic mass is 16.5. The molecule has 0 aromatic carbocycles. The molecule has 0 heterocycles. The summed E-state index contributed by atoms with van der Waals surface area (Å²) in [6.07, 6.45) is 62.1. The van der Waals surface area contributed by atoms with Crippen molar-refractivity contribution in [2.24, 2.45) is 0 Å². The average Bonchev–Trinajstić information content (AvgIpc) is 3.29. The van der Waals surface area contributed by atoms with Gasteiger partial charge in [-0.3, -0.25) is 9.59 Å². The second-order valence-corrected chi connectivity index (χ2v) is 19.3. The van der Waals surface area contributed by atoms with Gasteiger partial charge in [0.1, 0.15) is 6.10 Å². The van der Waals surface area contributed by atoms with Gasteiger partial charge in [-0.25, -0.2) is 0 Å². The summed E-state index contributed by atoms with van der Waals surface area (Å²) in [6, 6.07) is -0.711. The highest BCUT2D eigenvalue weighted by Gasteiger charge is 2.24. The number of carbonyl (C=O) groups is 2. The SMILES string of the molecule is CCCCC/C=C\C/C=C\C/C=C\CCCCC(CC(=O)NC(CO)C(O)CCCCCCCCCCCCCCCCC)OC(=O)CCCCCCCCCCCCCCCCC. The molecule has 0 aromatic rings. The van der Waals surface area contributed by atoms with E-state index in [-0.39, 0.29) is 24.9 Å². The molecule has 0 bridgehead atoms. The van der Waals surface area contributed by atoms with Gasteiger partial charge < -0.3 is 20.3 Å². The van der Waals surface area contributed by atoms with Crippen LogP contribution in [0.2, 0.25) is 0 Å². The Labute approximate surface area is 398 Å². The zero-order valence-electron chi connectivity index (χ0n) is 42.9. The molecule has 0 radical (unpaired) electrons. The second-order valence-electron chi connectivity index (χ2n) is 19.3. The smallest absolute Gasteiger partial charge is 0.306 e. The van der Waals surface area contributed by atoms with E-state index in [4.69, 9.17) is 4.74 Å². The molecule has 0 aromatic heterocycles. The number of unbranched alkanes of at least 4 members (excludes halogenated alkanes) is 33. The van der Waals surface area contributed by atoms with Crippen molar-refractivity contribution in [3.05, 3.63) is 36.5 Å². The molecular formula is C58H109NO5. The number of aliphatic hydroxyl groups excluding tert-OH is 2. The van der Waals surface area contributed by atoms with Gasteiger partial charge in [0, 0.05) is 6.42 Å². The Bertz CT molecular complexity index is 1060. The average molecular weight is 901 g/mol. The van der Waals surface area contributed by atoms with Crippen molar-refractivity contribution in [3.63, 3.8) is 0 Å². The number of allylic oxidation sites excluding steroid dienone is 6. The number of hydrogen-bond donors (Lipinski definition) is 3. The number of amides is 1. The maximum absolute atomic E-state index is 13.2. The Morgan fingerprint density at radius 1 is 0.453 bits per heavy atom. The van der Waals surface area contributed by atoms with Crippen LogP contribution < -0.4 is 5.32 Å². The lowest BCUT2D eigenvalue weighted by molar-refractivity contribution is -0.151. The van der Waals surface area contributed by atoms with E-state index in [0.717, 1.165) is 70.6 Å². The van der Waals surface area contributed by atoms with Gasteiger partial charge in [-0.15, -0.1) is 0 Å². The van der Waals surface area contributed by atoms with Crippen LogP contribution in [0.5, 0.6) is 0 Å². The summed E-state index contributed by atoms with van der Waals surface area (Å²) < 4.78 is 5.94. The number of esters is 1. The highest BCUT2D eigenvalue weighted by Crippen LogP contribution is 2.18. The van der Waals surface area contributed by atoms with Gasteiger partial charge in [0.05, 0.1) is 25.2 Å². The summed E-state index contributed by atoms with van der Waals surface area (Å²) in [5.74, 6) is -0.497. The topological polar surface area (TPSA) is 95.9 Å². The number of ether oxygens (including phenoxy) is 1. The number of aliphatic hydroxyl groups is 2. The molecule has 0 spiro atoms. The Balaban J connectivity index is 4.59. The number of rotatable bonds is 51. The monoisotopic (exact) mass is 900 g/mol. The number of carbonyl (C=O) groups excluding carboxylic acids is 2. The van der Waals surface area contributed by atoms with Crippen molar-refractivity contribution in [1.29, 1.82) is 0 Å². The van der Waals surface area contributed by atoms with Crippen molar-refractivity contribution < 1.29 is 24.5 Å². The molecule has 3 atom stereocenters. The largest absolute Gasteiger partial charge is 0.462 e. The Morgan fingerprint density at radius 3 is 1.22 bits per heavy atom. The molecule has 3 N–H and O–H groups in total. The van der Waals surface area contributed by atoms with E-state index in [2.05, 4.69) is 62.5 Å². The van der Waals surface area contributed by atoms with Crippen LogP contribution in [0.4, 0.5) is 0 Å². The van der Waals surface area contributed by atoms with Crippen molar-refractivity contribution in [2.75, 3.05) is 6.61 Å². The van der Waals surface area contributed by atoms with Crippen LogP contribution in [0.15, 0.2) is 36.5 Å². The van der Waals surface area contributed by atoms with Gasteiger partial charge in [0.2, 0.25) is 5.91 Å². The van der Waals surface area contributed by atoms with Crippen LogP contribution in [0.1, 0.15) is 297 Å². The second kappa shape index (κ2) is 52.1. The van der Waals surface area contributed by atoms with Gasteiger partial charge in [0.15, 0.2) is 0 Å². The van der Waals surface area contributed by atoms with E-state index in [1.807, 2.05) is 0 Å². The fraction of sp³-hybridized carbons (Fsp3) is 0.862.